The summed E-state index contributed by atoms with van der Waals surface area (Å²) in [6, 6.07) is 2.10. The standard InChI is InChI=1S/C11H15FN2O4S/c1-6-2-7(12)8(13)3-11(6)19(17,18)14-4-9(15)10(16)5-14/h2-3,9-10,15-16H,4-5,13H2,1H3. The summed E-state index contributed by atoms with van der Waals surface area (Å²) in [6.07, 6.45) is -2.24. The highest BCUT2D eigenvalue weighted by Gasteiger charge is 2.38. The lowest BCUT2D eigenvalue weighted by Gasteiger charge is -2.17. The molecular formula is C11H15FN2O4S. The zero-order chi connectivity index (χ0) is 14.4. The Bertz CT molecular complexity index is 595. The van der Waals surface area contributed by atoms with E-state index in [1.54, 1.807) is 0 Å². The third-order valence-corrected chi connectivity index (χ3v) is 5.11. The predicted octanol–water partition coefficient (Wildman–Crippen LogP) is -0.558. The van der Waals surface area contributed by atoms with Gasteiger partial charge in [0.2, 0.25) is 10.0 Å². The summed E-state index contributed by atoms with van der Waals surface area (Å²) in [6.45, 7) is 1.07. The molecule has 1 aromatic carbocycles. The molecule has 0 aliphatic carbocycles. The van der Waals surface area contributed by atoms with Crippen LogP contribution in [0.4, 0.5) is 10.1 Å². The highest BCUT2D eigenvalue weighted by atomic mass is 32.2. The Morgan fingerprint density at radius 3 is 2.37 bits per heavy atom. The molecule has 1 fully saturated rings. The van der Waals surface area contributed by atoms with Gasteiger partial charge in [-0.05, 0) is 24.6 Å². The van der Waals surface area contributed by atoms with Gasteiger partial charge in [-0.1, -0.05) is 0 Å². The lowest BCUT2D eigenvalue weighted by molar-refractivity contribution is 0.0572. The minimum Gasteiger partial charge on any atom is -0.396 e. The largest absolute Gasteiger partial charge is 0.396 e. The summed E-state index contributed by atoms with van der Waals surface area (Å²) >= 11 is 0. The first-order valence-corrected chi connectivity index (χ1v) is 7.09. The van der Waals surface area contributed by atoms with Crippen molar-refractivity contribution in [3.05, 3.63) is 23.5 Å². The minimum atomic E-state index is -3.91. The van der Waals surface area contributed by atoms with Gasteiger partial charge in [0.05, 0.1) is 22.8 Å². The van der Waals surface area contributed by atoms with Gasteiger partial charge in [-0.25, -0.2) is 12.8 Å². The fraction of sp³-hybridized carbons (Fsp3) is 0.455. The zero-order valence-electron chi connectivity index (χ0n) is 10.2. The van der Waals surface area contributed by atoms with Crippen LogP contribution in [-0.4, -0.2) is 48.2 Å². The second-order valence-electron chi connectivity index (χ2n) is 4.60. The second kappa shape index (κ2) is 4.71. The Morgan fingerprint density at radius 1 is 1.32 bits per heavy atom. The summed E-state index contributed by atoms with van der Waals surface area (Å²) in [4.78, 5) is -0.118. The van der Waals surface area contributed by atoms with Gasteiger partial charge in [0, 0.05) is 13.1 Å². The maximum absolute atomic E-state index is 13.2. The van der Waals surface area contributed by atoms with Crippen LogP contribution >= 0.6 is 0 Å². The van der Waals surface area contributed by atoms with E-state index in [0.717, 1.165) is 16.4 Å². The van der Waals surface area contributed by atoms with E-state index >= 15 is 0 Å². The molecule has 0 saturated carbocycles. The van der Waals surface area contributed by atoms with Gasteiger partial charge in [-0.15, -0.1) is 0 Å². The number of rotatable bonds is 2. The van der Waals surface area contributed by atoms with Crippen molar-refractivity contribution < 1.29 is 23.0 Å². The number of nitrogens with two attached hydrogens (primary N) is 1. The predicted molar refractivity (Wildman–Crippen MR) is 66.3 cm³/mol. The van der Waals surface area contributed by atoms with Gasteiger partial charge < -0.3 is 15.9 Å². The molecule has 6 nitrogen and oxygen atoms in total. The van der Waals surface area contributed by atoms with Crippen LogP contribution in [0.15, 0.2) is 17.0 Å². The number of hydrogen-bond acceptors (Lipinski definition) is 5. The first-order valence-electron chi connectivity index (χ1n) is 5.65. The Kier molecular flexibility index (Phi) is 3.52. The fourth-order valence-corrected chi connectivity index (χ4v) is 3.73. The van der Waals surface area contributed by atoms with Crippen molar-refractivity contribution in [3.8, 4) is 0 Å². The monoisotopic (exact) mass is 290 g/mol. The van der Waals surface area contributed by atoms with E-state index in [1.165, 1.54) is 6.92 Å². The smallest absolute Gasteiger partial charge is 0.243 e. The topological polar surface area (TPSA) is 104 Å². The molecule has 2 rings (SSSR count). The Morgan fingerprint density at radius 2 is 1.84 bits per heavy atom. The van der Waals surface area contributed by atoms with Crippen LogP contribution in [0.1, 0.15) is 5.56 Å². The summed E-state index contributed by atoms with van der Waals surface area (Å²) in [5, 5.41) is 18.8. The molecule has 0 amide bonds. The molecule has 4 N–H and O–H groups in total. The van der Waals surface area contributed by atoms with Crippen LogP contribution in [0, 0.1) is 12.7 Å². The van der Waals surface area contributed by atoms with Gasteiger partial charge in [-0.3, -0.25) is 0 Å². The van der Waals surface area contributed by atoms with Gasteiger partial charge in [0.25, 0.3) is 0 Å². The van der Waals surface area contributed by atoms with Crippen LogP contribution < -0.4 is 5.73 Å². The van der Waals surface area contributed by atoms with E-state index < -0.39 is 28.0 Å². The molecule has 2 unspecified atom stereocenters. The zero-order valence-corrected chi connectivity index (χ0v) is 11.1. The quantitative estimate of drug-likeness (QED) is 0.634. The number of hydrogen-bond donors (Lipinski definition) is 3. The highest BCUT2D eigenvalue weighted by Crippen LogP contribution is 2.27. The Hall–Kier alpha value is -1.22. The molecule has 0 spiro atoms. The van der Waals surface area contributed by atoms with Crippen molar-refractivity contribution in [3.63, 3.8) is 0 Å². The van der Waals surface area contributed by atoms with E-state index in [-0.39, 0.29) is 29.2 Å². The molecule has 19 heavy (non-hydrogen) atoms. The van der Waals surface area contributed by atoms with Crippen molar-refractivity contribution in [1.29, 1.82) is 0 Å². The van der Waals surface area contributed by atoms with Crippen LogP contribution in [0.3, 0.4) is 0 Å². The summed E-state index contributed by atoms with van der Waals surface area (Å²) < 4.78 is 38.9. The number of β-amino-alcohol motifs (C(OH)–C–C–N with tert-alkyl or cyclic N) is 2. The molecule has 1 aromatic rings. The van der Waals surface area contributed by atoms with Gasteiger partial charge in [0.15, 0.2) is 0 Å². The SMILES string of the molecule is Cc1cc(F)c(N)cc1S(=O)(=O)N1CC(O)C(O)C1. The molecule has 1 aliphatic rings. The number of nitrogen functional groups attached to an aromatic ring is 1. The molecule has 1 heterocycles. The number of sulfonamides is 1. The molecule has 2 atom stereocenters. The molecule has 0 radical (unpaired) electrons. The van der Waals surface area contributed by atoms with Crippen molar-refractivity contribution >= 4 is 15.7 Å². The van der Waals surface area contributed by atoms with Gasteiger partial charge >= 0.3 is 0 Å². The number of nitrogens with zero attached hydrogens (tertiary/aromatic N) is 1. The van der Waals surface area contributed by atoms with Crippen molar-refractivity contribution in [2.75, 3.05) is 18.8 Å². The van der Waals surface area contributed by atoms with Crippen molar-refractivity contribution in [2.45, 2.75) is 24.0 Å². The second-order valence-corrected chi connectivity index (χ2v) is 6.50. The third-order valence-electron chi connectivity index (χ3n) is 3.14. The van der Waals surface area contributed by atoms with E-state index in [9.17, 15) is 23.0 Å². The first-order chi connectivity index (χ1) is 8.73. The molecule has 106 valence electrons. The number of anilines is 1. The van der Waals surface area contributed by atoms with Crippen LogP contribution in [0.5, 0.6) is 0 Å². The third kappa shape index (κ3) is 2.44. The minimum absolute atomic E-state index is 0.118. The lowest BCUT2D eigenvalue weighted by atomic mass is 10.2. The van der Waals surface area contributed by atoms with Crippen LogP contribution in [-0.2, 0) is 10.0 Å². The van der Waals surface area contributed by atoms with Crippen LogP contribution in [0.25, 0.3) is 0 Å². The van der Waals surface area contributed by atoms with E-state index in [2.05, 4.69) is 0 Å². The first kappa shape index (κ1) is 14.2. The number of benzene rings is 1. The van der Waals surface area contributed by atoms with Gasteiger partial charge in [-0.2, -0.15) is 4.31 Å². The highest BCUT2D eigenvalue weighted by molar-refractivity contribution is 7.89. The average Bonchev–Trinajstić information content (AvgIpc) is 2.65. The molecular weight excluding hydrogens is 275 g/mol. The molecule has 0 aromatic heterocycles. The van der Waals surface area contributed by atoms with E-state index in [1.807, 2.05) is 0 Å². The Labute approximate surface area is 110 Å². The molecule has 8 heteroatoms. The van der Waals surface area contributed by atoms with E-state index in [0.29, 0.717) is 0 Å². The summed E-state index contributed by atoms with van der Waals surface area (Å²) in [7, 11) is -3.91. The Balaban J connectivity index is 2.43. The van der Waals surface area contributed by atoms with Crippen molar-refractivity contribution in [1.82, 2.24) is 4.31 Å². The summed E-state index contributed by atoms with van der Waals surface area (Å²) in [5.74, 6) is -0.682. The van der Waals surface area contributed by atoms with E-state index in [4.69, 9.17) is 5.73 Å². The normalized spacial score (nSPS) is 24.8. The molecule has 1 saturated heterocycles. The number of halogens is 1. The van der Waals surface area contributed by atoms with Crippen molar-refractivity contribution in [2.24, 2.45) is 0 Å². The lowest BCUT2D eigenvalue weighted by Crippen LogP contribution is -2.30. The molecule has 0 bridgehead atoms. The average molecular weight is 290 g/mol. The fourth-order valence-electron chi connectivity index (χ4n) is 2.02. The number of aliphatic hydroxyl groups is 2. The van der Waals surface area contributed by atoms with Crippen LogP contribution in [0.2, 0.25) is 0 Å². The number of aryl methyl sites for hydroxylation is 1. The maximum atomic E-state index is 13.2. The van der Waals surface area contributed by atoms with Gasteiger partial charge in [0.1, 0.15) is 5.82 Å². The molecule has 1 aliphatic heterocycles. The number of aliphatic hydroxyl groups excluding tert-OH is 2. The maximum Gasteiger partial charge on any atom is 0.243 e. The summed E-state index contributed by atoms with van der Waals surface area (Å²) in [5.41, 5.74) is 5.35.